The van der Waals surface area contributed by atoms with Gasteiger partial charge in [-0.15, -0.1) is 0 Å². The Morgan fingerprint density at radius 3 is 2.86 bits per heavy atom. The standard InChI is InChI=1S/C10H19NO2S/c1-3-9(14-2)10(13)11-5-4-8(6-11)7-12/h8-9,12H,3-7H2,1-2H3. The molecule has 14 heavy (non-hydrogen) atoms. The summed E-state index contributed by atoms with van der Waals surface area (Å²) in [5.41, 5.74) is 0. The number of aliphatic hydroxyl groups is 1. The van der Waals surface area contributed by atoms with Crippen molar-refractivity contribution in [2.75, 3.05) is 26.0 Å². The minimum absolute atomic E-state index is 0.104. The molecule has 3 nitrogen and oxygen atoms in total. The first-order chi connectivity index (χ1) is 6.72. The van der Waals surface area contributed by atoms with Gasteiger partial charge in [-0.2, -0.15) is 11.8 Å². The van der Waals surface area contributed by atoms with Crippen LogP contribution in [0.15, 0.2) is 0 Å². The van der Waals surface area contributed by atoms with E-state index in [4.69, 9.17) is 5.11 Å². The highest BCUT2D eigenvalue weighted by molar-refractivity contribution is 7.99. The lowest BCUT2D eigenvalue weighted by Crippen LogP contribution is -2.36. The zero-order valence-corrected chi connectivity index (χ0v) is 9.72. The third kappa shape index (κ3) is 2.64. The molecule has 82 valence electrons. The second kappa shape index (κ2) is 5.61. The van der Waals surface area contributed by atoms with Crippen LogP contribution in [0.1, 0.15) is 19.8 Å². The largest absolute Gasteiger partial charge is 0.396 e. The Morgan fingerprint density at radius 2 is 2.43 bits per heavy atom. The first-order valence-corrected chi connectivity index (χ1v) is 6.44. The summed E-state index contributed by atoms with van der Waals surface area (Å²) >= 11 is 1.62. The number of carbonyl (C=O) groups is 1. The summed E-state index contributed by atoms with van der Waals surface area (Å²) in [5, 5.41) is 9.08. The van der Waals surface area contributed by atoms with Gasteiger partial charge in [-0.25, -0.2) is 0 Å². The molecule has 0 aromatic carbocycles. The summed E-state index contributed by atoms with van der Waals surface area (Å²) in [4.78, 5) is 13.8. The molecular weight excluding hydrogens is 198 g/mol. The first kappa shape index (κ1) is 11.9. The van der Waals surface area contributed by atoms with Gasteiger partial charge in [0.1, 0.15) is 0 Å². The maximum atomic E-state index is 11.9. The highest BCUT2D eigenvalue weighted by Crippen LogP contribution is 2.20. The molecule has 1 rings (SSSR count). The summed E-state index contributed by atoms with van der Waals surface area (Å²) in [7, 11) is 0. The minimum Gasteiger partial charge on any atom is -0.396 e. The van der Waals surface area contributed by atoms with Gasteiger partial charge in [0.2, 0.25) is 5.91 Å². The van der Waals surface area contributed by atoms with Gasteiger partial charge in [-0.1, -0.05) is 6.92 Å². The average molecular weight is 217 g/mol. The van der Waals surface area contributed by atoms with E-state index in [2.05, 4.69) is 0 Å². The van der Waals surface area contributed by atoms with Crippen molar-refractivity contribution < 1.29 is 9.90 Å². The molecular formula is C10H19NO2S. The molecule has 1 amide bonds. The van der Waals surface area contributed by atoms with Gasteiger partial charge in [-0.05, 0) is 19.1 Å². The van der Waals surface area contributed by atoms with Crippen LogP contribution in [0.2, 0.25) is 0 Å². The van der Waals surface area contributed by atoms with Crippen molar-refractivity contribution in [3.63, 3.8) is 0 Å². The Labute approximate surface area is 89.9 Å². The minimum atomic E-state index is 0.104. The number of aliphatic hydroxyl groups excluding tert-OH is 1. The van der Waals surface area contributed by atoms with Gasteiger partial charge < -0.3 is 10.0 Å². The van der Waals surface area contributed by atoms with Crippen LogP contribution in [0.5, 0.6) is 0 Å². The maximum Gasteiger partial charge on any atom is 0.235 e. The Morgan fingerprint density at radius 1 is 1.71 bits per heavy atom. The summed E-state index contributed by atoms with van der Waals surface area (Å²) in [6.07, 6.45) is 3.82. The number of carbonyl (C=O) groups excluding carboxylic acids is 1. The van der Waals surface area contributed by atoms with Crippen LogP contribution in [-0.2, 0) is 4.79 Å². The van der Waals surface area contributed by atoms with E-state index in [9.17, 15) is 4.79 Å². The van der Waals surface area contributed by atoms with Crippen LogP contribution in [0.25, 0.3) is 0 Å². The maximum absolute atomic E-state index is 11.9. The molecule has 1 aliphatic rings. The quantitative estimate of drug-likeness (QED) is 0.763. The average Bonchev–Trinajstić information content (AvgIpc) is 2.67. The number of nitrogens with zero attached hydrogens (tertiary/aromatic N) is 1. The van der Waals surface area contributed by atoms with Crippen LogP contribution in [-0.4, -0.2) is 47.1 Å². The van der Waals surface area contributed by atoms with Gasteiger partial charge in [0.15, 0.2) is 0 Å². The number of hydrogen-bond donors (Lipinski definition) is 1. The number of thioether (sulfide) groups is 1. The molecule has 0 saturated carbocycles. The topological polar surface area (TPSA) is 40.5 Å². The molecule has 1 saturated heterocycles. The number of likely N-dealkylation sites (tertiary alicyclic amines) is 1. The normalized spacial score (nSPS) is 23.9. The lowest BCUT2D eigenvalue weighted by molar-refractivity contribution is -0.129. The molecule has 2 unspecified atom stereocenters. The number of rotatable bonds is 4. The van der Waals surface area contributed by atoms with E-state index in [1.165, 1.54) is 0 Å². The van der Waals surface area contributed by atoms with Crippen molar-refractivity contribution >= 4 is 17.7 Å². The molecule has 2 atom stereocenters. The van der Waals surface area contributed by atoms with Crippen molar-refractivity contribution in [1.29, 1.82) is 0 Å². The van der Waals surface area contributed by atoms with E-state index in [0.29, 0.717) is 5.92 Å². The Hall–Kier alpha value is -0.220. The van der Waals surface area contributed by atoms with Gasteiger partial charge >= 0.3 is 0 Å². The summed E-state index contributed by atoms with van der Waals surface area (Å²) in [6.45, 7) is 3.81. The highest BCUT2D eigenvalue weighted by Gasteiger charge is 2.29. The Bertz CT molecular complexity index is 195. The van der Waals surface area contributed by atoms with Crippen LogP contribution >= 0.6 is 11.8 Å². The lowest BCUT2D eigenvalue weighted by Gasteiger charge is -2.21. The highest BCUT2D eigenvalue weighted by atomic mass is 32.2. The van der Waals surface area contributed by atoms with E-state index >= 15 is 0 Å². The smallest absolute Gasteiger partial charge is 0.235 e. The second-order valence-electron chi connectivity index (χ2n) is 3.75. The third-order valence-corrected chi connectivity index (χ3v) is 3.89. The van der Waals surface area contributed by atoms with Gasteiger partial charge in [0.05, 0.1) is 5.25 Å². The van der Waals surface area contributed by atoms with Gasteiger partial charge in [0, 0.05) is 25.6 Å². The fourth-order valence-electron chi connectivity index (χ4n) is 1.83. The van der Waals surface area contributed by atoms with E-state index in [0.717, 1.165) is 25.9 Å². The Kier molecular flexibility index (Phi) is 4.75. The van der Waals surface area contributed by atoms with Gasteiger partial charge in [0.25, 0.3) is 0 Å². The SMILES string of the molecule is CCC(SC)C(=O)N1CCC(CO)C1. The fraction of sp³-hybridized carbons (Fsp3) is 0.900. The monoisotopic (exact) mass is 217 g/mol. The molecule has 1 aliphatic heterocycles. The molecule has 1 fully saturated rings. The molecule has 1 heterocycles. The van der Waals surface area contributed by atoms with Crippen molar-refractivity contribution in [2.24, 2.45) is 5.92 Å². The van der Waals surface area contributed by atoms with E-state index < -0.39 is 0 Å². The molecule has 0 aromatic heterocycles. The molecule has 0 aromatic rings. The van der Waals surface area contributed by atoms with Crippen LogP contribution in [0.4, 0.5) is 0 Å². The van der Waals surface area contributed by atoms with Crippen LogP contribution in [0.3, 0.4) is 0 Å². The Balaban J connectivity index is 2.45. The number of amides is 1. The summed E-state index contributed by atoms with van der Waals surface area (Å²) in [6, 6.07) is 0. The fourth-order valence-corrected chi connectivity index (χ4v) is 2.51. The van der Waals surface area contributed by atoms with Crippen molar-refractivity contribution in [2.45, 2.75) is 25.0 Å². The predicted octanol–water partition coefficient (Wildman–Crippen LogP) is 0.969. The van der Waals surface area contributed by atoms with E-state index in [1.807, 2.05) is 18.1 Å². The first-order valence-electron chi connectivity index (χ1n) is 5.15. The molecule has 0 aliphatic carbocycles. The van der Waals surface area contributed by atoms with Gasteiger partial charge in [-0.3, -0.25) is 4.79 Å². The number of hydrogen-bond acceptors (Lipinski definition) is 3. The molecule has 4 heteroatoms. The van der Waals surface area contributed by atoms with Crippen LogP contribution in [0, 0.1) is 5.92 Å². The van der Waals surface area contributed by atoms with Crippen molar-refractivity contribution in [1.82, 2.24) is 4.90 Å². The zero-order chi connectivity index (χ0) is 10.6. The lowest BCUT2D eigenvalue weighted by atomic mass is 10.1. The van der Waals surface area contributed by atoms with Crippen molar-refractivity contribution in [3.05, 3.63) is 0 Å². The molecule has 0 radical (unpaired) electrons. The van der Waals surface area contributed by atoms with E-state index in [-0.39, 0.29) is 17.8 Å². The summed E-state index contributed by atoms with van der Waals surface area (Å²) in [5.74, 6) is 0.550. The third-order valence-electron chi connectivity index (χ3n) is 2.79. The zero-order valence-electron chi connectivity index (χ0n) is 8.90. The summed E-state index contributed by atoms with van der Waals surface area (Å²) < 4.78 is 0. The second-order valence-corrected chi connectivity index (χ2v) is 4.79. The molecule has 0 bridgehead atoms. The van der Waals surface area contributed by atoms with Crippen molar-refractivity contribution in [3.8, 4) is 0 Å². The van der Waals surface area contributed by atoms with E-state index in [1.54, 1.807) is 11.8 Å². The molecule has 1 N–H and O–H groups in total. The predicted molar refractivity (Wildman–Crippen MR) is 59.4 cm³/mol. The molecule has 0 spiro atoms. The van der Waals surface area contributed by atoms with Crippen LogP contribution < -0.4 is 0 Å².